The minimum atomic E-state index is -0.210. The van der Waals surface area contributed by atoms with Gasteiger partial charge in [0.15, 0.2) is 0 Å². The predicted molar refractivity (Wildman–Crippen MR) is 56.5 cm³/mol. The van der Waals surface area contributed by atoms with Crippen LogP contribution < -0.4 is 10.3 Å². The van der Waals surface area contributed by atoms with Crippen molar-refractivity contribution in [3.8, 4) is 5.75 Å². The summed E-state index contributed by atoms with van der Waals surface area (Å²) in [6.45, 7) is 3.84. The normalized spacial score (nSPS) is 10.9. The van der Waals surface area contributed by atoms with Crippen LogP contribution in [0.5, 0.6) is 5.75 Å². The number of nitrogens with one attached hydrogen (secondary N) is 1. The van der Waals surface area contributed by atoms with E-state index in [0.29, 0.717) is 5.75 Å². The van der Waals surface area contributed by atoms with Gasteiger partial charge in [-0.2, -0.15) is 5.10 Å². The van der Waals surface area contributed by atoms with Gasteiger partial charge >= 0.3 is 0 Å². The first-order chi connectivity index (χ1) is 7.19. The Labute approximate surface area is 86.7 Å². The van der Waals surface area contributed by atoms with Crippen molar-refractivity contribution >= 4 is 5.65 Å². The molecule has 2 aromatic rings. The Bertz CT molecular complexity index is 554. The van der Waals surface area contributed by atoms with Gasteiger partial charge in [0, 0.05) is 5.56 Å². The number of nitrogens with zero attached hydrogens (tertiary/aromatic N) is 2. The molecule has 15 heavy (non-hydrogen) atoms. The maximum Gasteiger partial charge on any atom is 0.293 e. The van der Waals surface area contributed by atoms with Gasteiger partial charge in [-0.3, -0.25) is 4.79 Å². The molecular formula is C10H13N3O2. The molecule has 0 amide bonds. The summed E-state index contributed by atoms with van der Waals surface area (Å²) in [5, 5.41) is 4.21. The molecule has 0 unspecified atom stereocenters. The smallest absolute Gasteiger partial charge is 0.293 e. The third-order valence-corrected chi connectivity index (χ3v) is 2.51. The summed E-state index contributed by atoms with van der Waals surface area (Å²) in [4.78, 5) is 14.4. The topological polar surface area (TPSA) is 59.4 Å². The molecule has 0 aliphatic carbocycles. The van der Waals surface area contributed by atoms with Crippen LogP contribution in [0, 0.1) is 6.92 Å². The van der Waals surface area contributed by atoms with Gasteiger partial charge in [0.1, 0.15) is 5.65 Å². The van der Waals surface area contributed by atoms with Crippen LogP contribution in [0.3, 0.4) is 0 Å². The highest BCUT2D eigenvalue weighted by Gasteiger charge is 2.12. The van der Waals surface area contributed by atoms with E-state index in [1.54, 1.807) is 10.7 Å². The van der Waals surface area contributed by atoms with Gasteiger partial charge in [-0.15, -0.1) is 0 Å². The maximum atomic E-state index is 11.6. The second kappa shape index (κ2) is 3.42. The molecule has 0 radical (unpaired) electrons. The monoisotopic (exact) mass is 207 g/mol. The zero-order valence-electron chi connectivity index (χ0n) is 9.00. The fourth-order valence-electron chi connectivity index (χ4n) is 1.69. The zero-order chi connectivity index (χ0) is 11.0. The Hall–Kier alpha value is -1.78. The van der Waals surface area contributed by atoms with Crippen LogP contribution in [0.1, 0.15) is 18.2 Å². The average Bonchev–Trinajstić information content (AvgIpc) is 2.61. The summed E-state index contributed by atoms with van der Waals surface area (Å²) in [5.41, 5.74) is 2.28. The van der Waals surface area contributed by atoms with Crippen LogP contribution in [-0.2, 0) is 6.42 Å². The van der Waals surface area contributed by atoms with Crippen LogP contribution in [0.2, 0.25) is 0 Å². The number of rotatable bonds is 2. The highest BCUT2D eigenvalue weighted by atomic mass is 16.5. The van der Waals surface area contributed by atoms with E-state index in [2.05, 4.69) is 10.1 Å². The lowest BCUT2D eigenvalue weighted by atomic mass is 10.2. The van der Waals surface area contributed by atoms with Crippen LogP contribution in [0.4, 0.5) is 0 Å². The van der Waals surface area contributed by atoms with E-state index in [4.69, 9.17) is 4.74 Å². The van der Waals surface area contributed by atoms with E-state index in [0.717, 1.165) is 23.3 Å². The summed E-state index contributed by atoms with van der Waals surface area (Å²) < 4.78 is 6.72. The molecule has 0 bridgehead atoms. The van der Waals surface area contributed by atoms with E-state index in [-0.39, 0.29) is 5.56 Å². The van der Waals surface area contributed by atoms with Crippen LogP contribution in [-0.4, -0.2) is 21.7 Å². The lowest BCUT2D eigenvalue weighted by Crippen LogP contribution is -2.15. The Kier molecular flexibility index (Phi) is 2.22. The molecule has 1 N–H and O–H groups in total. The molecule has 0 aliphatic rings. The molecule has 0 fully saturated rings. The first-order valence-corrected chi connectivity index (χ1v) is 4.82. The summed E-state index contributed by atoms with van der Waals surface area (Å²) in [5.74, 6) is 0.313. The molecule has 0 aliphatic heterocycles. The van der Waals surface area contributed by atoms with E-state index in [1.807, 2.05) is 13.8 Å². The van der Waals surface area contributed by atoms with Gasteiger partial charge in [0.25, 0.3) is 5.56 Å². The van der Waals surface area contributed by atoms with Crippen molar-refractivity contribution in [1.29, 1.82) is 0 Å². The quantitative estimate of drug-likeness (QED) is 0.796. The molecule has 0 aromatic carbocycles. The molecule has 0 saturated carbocycles. The van der Waals surface area contributed by atoms with E-state index in [9.17, 15) is 4.79 Å². The SMILES string of the molecule is CCc1cnn2c(C)c(OC)c(=O)[nH]c12. The number of aromatic nitrogens is 3. The maximum absolute atomic E-state index is 11.6. The molecule has 5 heteroatoms. The lowest BCUT2D eigenvalue weighted by Gasteiger charge is -2.05. The number of aromatic amines is 1. The van der Waals surface area contributed by atoms with Crippen molar-refractivity contribution in [2.75, 3.05) is 7.11 Å². The van der Waals surface area contributed by atoms with Crippen LogP contribution in [0.15, 0.2) is 11.0 Å². The van der Waals surface area contributed by atoms with Crippen molar-refractivity contribution < 1.29 is 4.74 Å². The highest BCUT2D eigenvalue weighted by molar-refractivity contribution is 5.49. The molecule has 0 saturated heterocycles. The fraction of sp³-hybridized carbons (Fsp3) is 0.400. The standard InChI is InChI=1S/C10H13N3O2/c1-4-7-5-11-13-6(2)8(15-3)10(14)12-9(7)13/h5H,4H2,1-3H3,(H,12,14). The van der Waals surface area contributed by atoms with Crippen molar-refractivity contribution in [1.82, 2.24) is 14.6 Å². The van der Waals surface area contributed by atoms with E-state index >= 15 is 0 Å². The molecule has 0 atom stereocenters. The molecule has 0 spiro atoms. The number of hydrogen-bond donors (Lipinski definition) is 1. The van der Waals surface area contributed by atoms with Gasteiger partial charge in [0.2, 0.25) is 5.75 Å². The van der Waals surface area contributed by atoms with Gasteiger partial charge in [0.05, 0.1) is 19.0 Å². The number of aryl methyl sites for hydroxylation is 2. The number of fused-ring (bicyclic) bond motifs is 1. The minimum Gasteiger partial charge on any atom is -0.490 e. The molecular weight excluding hydrogens is 194 g/mol. The van der Waals surface area contributed by atoms with E-state index < -0.39 is 0 Å². The third kappa shape index (κ3) is 1.31. The fourth-order valence-corrected chi connectivity index (χ4v) is 1.69. The predicted octanol–water partition coefficient (Wildman–Crippen LogP) is 0.902. The number of ether oxygens (including phenoxy) is 1. The van der Waals surface area contributed by atoms with Gasteiger partial charge in [-0.25, -0.2) is 4.52 Å². The first-order valence-electron chi connectivity index (χ1n) is 4.82. The Balaban J connectivity index is 2.87. The van der Waals surface area contributed by atoms with Crippen molar-refractivity contribution in [2.24, 2.45) is 0 Å². The van der Waals surface area contributed by atoms with Gasteiger partial charge in [-0.1, -0.05) is 6.92 Å². The van der Waals surface area contributed by atoms with Crippen LogP contribution in [0.25, 0.3) is 5.65 Å². The van der Waals surface area contributed by atoms with Crippen molar-refractivity contribution in [3.63, 3.8) is 0 Å². The Morgan fingerprint density at radius 3 is 2.93 bits per heavy atom. The summed E-state index contributed by atoms with van der Waals surface area (Å²) in [6.07, 6.45) is 2.60. The van der Waals surface area contributed by atoms with Gasteiger partial charge < -0.3 is 9.72 Å². The first kappa shape index (κ1) is 9.76. The Morgan fingerprint density at radius 1 is 1.60 bits per heavy atom. The van der Waals surface area contributed by atoms with Gasteiger partial charge in [-0.05, 0) is 13.3 Å². The average molecular weight is 207 g/mol. The molecule has 2 aromatic heterocycles. The largest absolute Gasteiger partial charge is 0.490 e. The van der Waals surface area contributed by atoms with Crippen LogP contribution >= 0.6 is 0 Å². The zero-order valence-corrected chi connectivity index (χ0v) is 9.00. The molecule has 2 rings (SSSR count). The molecule has 80 valence electrons. The summed E-state index contributed by atoms with van der Waals surface area (Å²) in [6, 6.07) is 0. The molecule has 5 nitrogen and oxygen atoms in total. The van der Waals surface area contributed by atoms with E-state index in [1.165, 1.54) is 7.11 Å². The second-order valence-corrected chi connectivity index (χ2v) is 3.36. The van der Waals surface area contributed by atoms with Crippen molar-refractivity contribution in [3.05, 3.63) is 27.8 Å². The third-order valence-electron chi connectivity index (χ3n) is 2.51. The van der Waals surface area contributed by atoms with Crippen molar-refractivity contribution in [2.45, 2.75) is 20.3 Å². The summed E-state index contributed by atoms with van der Waals surface area (Å²) >= 11 is 0. The summed E-state index contributed by atoms with van der Waals surface area (Å²) in [7, 11) is 1.48. The molecule has 2 heterocycles. The Morgan fingerprint density at radius 2 is 2.33 bits per heavy atom. The highest BCUT2D eigenvalue weighted by Crippen LogP contribution is 2.14. The minimum absolute atomic E-state index is 0.210. The number of H-pyrrole nitrogens is 1. The number of hydrogen-bond acceptors (Lipinski definition) is 3. The lowest BCUT2D eigenvalue weighted by molar-refractivity contribution is 0.400. The number of methoxy groups -OCH3 is 1. The second-order valence-electron chi connectivity index (χ2n) is 3.36.